The number of pyridine rings is 1. The first-order valence-electron chi connectivity index (χ1n) is 5.07. The number of nitrogens with one attached hydrogen (secondary N) is 1. The summed E-state index contributed by atoms with van der Waals surface area (Å²) in [6.07, 6.45) is 3.57. The Kier molecular flexibility index (Phi) is 4.61. The number of hydrogen-bond donors (Lipinski definition) is 2. The number of aryl methyl sites for hydroxylation is 1. The number of carbonyl (C=O) groups is 1. The van der Waals surface area contributed by atoms with Crippen molar-refractivity contribution in [2.45, 2.75) is 19.1 Å². The van der Waals surface area contributed by atoms with Crippen molar-refractivity contribution in [2.24, 2.45) is 0 Å². The molecule has 0 aliphatic rings. The minimum absolute atomic E-state index is 0.113. The monoisotopic (exact) mass is 239 g/mol. The maximum atomic E-state index is 11.8. The molecule has 5 heteroatoms. The fraction of sp³-hybridized carbons (Fsp3) is 0.455. The summed E-state index contributed by atoms with van der Waals surface area (Å²) in [5, 5.41) is 3.26. The lowest BCUT2D eigenvalue weighted by Crippen LogP contribution is -2.30. The van der Waals surface area contributed by atoms with Crippen LogP contribution in [-0.2, 0) is 0 Å². The molecule has 0 radical (unpaired) electrons. The summed E-state index contributed by atoms with van der Waals surface area (Å²) < 4.78 is 0. The zero-order valence-corrected chi connectivity index (χ0v) is 10.6. The van der Waals surface area contributed by atoms with E-state index >= 15 is 0 Å². The van der Waals surface area contributed by atoms with Crippen molar-refractivity contribution in [1.29, 1.82) is 0 Å². The Labute approximate surface area is 100 Å². The summed E-state index contributed by atoms with van der Waals surface area (Å²) in [6, 6.07) is 1.65. The summed E-state index contributed by atoms with van der Waals surface area (Å²) in [7, 11) is 0. The first kappa shape index (κ1) is 12.8. The lowest BCUT2D eigenvalue weighted by molar-refractivity contribution is 0.0953. The van der Waals surface area contributed by atoms with Crippen molar-refractivity contribution in [3.8, 4) is 0 Å². The lowest BCUT2D eigenvalue weighted by atomic mass is 10.2. The van der Waals surface area contributed by atoms with Gasteiger partial charge in [0.1, 0.15) is 0 Å². The molecule has 0 aliphatic heterocycles. The summed E-state index contributed by atoms with van der Waals surface area (Å²) in [5.74, 6) is -0.113. The van der Waals surface area contributed by atoms with E-state index in [4.69, 9.17) is 5.73 Å². The number of nitrogens with zero attached hydrogens (tertiary/aromatic N) is 1. The molecule has 1 aromatic rings. The van der Waals surface area contributed by atoms with Crippen LogP contribution in [0.2, 0.25) is 0 Å². The molecule has 3 N–H and O–H groups in total. The molecule has 0 aliphatic carbocycles. The van der Waals surface area contributed by atoms with Crippen LogP contribution in [0.1, 0.15) is 23.0 Å². The highest BCUT2D eigenvalue weighted by atomic mass is 32.2. The van der Waals surface area contributed by atoms with E-state index in [2.05, 4.69) is 17.2 Å². The highest BCUT2D eigenvalue weighted by Gasteiger charge is 2.11. The topological polar surface area (TPSA) is 68.0 Å². The van der Waals surface area contributed by atoms with Gasteiger partial charge in [0, 0.05) is 11.8 Å². The molecule has 1 heterocycles. The Morgan fingerprint density at radius 3 is 3.00 bits per heavy atom. The van der Waals surface area contributed by atoms with Crippen LogP contribution in [0, 0.1) is 6.92 Å². The second-order valence-corrected chi connectivity index (χ2v) is 4.93. The van der Waals surface area contributed by atoms with Crippen molar-refractivity contribution in [2.75, 3.05) is 18.5 Å². The zero-order chi connectivity index (χ0) is 12.1. The van der Waals surface area contributed by atoms with Gasteiger partial charge >= 0.3 is 0 Å². The predicted molar refractivity (Wildman–Crippen MR) is 68.7 cm³/mol. The minimum atomic E-state index is -0.113. The smallest absolute Gasteiger partial charge is 0.253 e. The molecule has 0 aromatic carbocycles. The van der Waals surface area contributed by atoms with Crippen LogP contribution in [0.25, 0.3) is 0 Å². The first-order valence-corrected chi connectivity index (χ1v) is 6.36. The average Bonchev–Trinajstić information content (AvgIpc) is 2.28. The molecule has 16 heavy (non-hydrogen) atoms. The second kappa shape index (κ2) is 5.75. The maximum absolute atomic E-state index is 11.8. The number of nitrogens with two attached hydrogens (primary N) is 1. The molecular weight excluding hydrogens is 222 g/mol. The van der Waals surface area contributed by atoms with Crippen LogP contribution in [0.5, 0.6) is 0 Å². The number of anilines is 1. The number of thioether (sulfide) groups is 1. The van der Waals surface area contributed by atoms with Gasteiger partial charge < -0.3 is 11.1 Å². The molecule has 4 nitrogen and oxygen atoms in total. The maximum Gasteiger partial charge on any atom is 0.253 e. The summed E-state index contributed by atoms with van der Waals surface area (Å²) in [5.41, 5.74) is 7.36. The number of aromatic nitrogens is 1. The van der Waals surface area contributed by atoms with Gasteiger partial charge in [-0.25, -0.2) is 0 Å². The van der Waals surface area contributed by atoms with Crippen LogP contribution >= 0.6 is 11.8 Å². The first-order chi connectivity index (χ1) is 7.54. The zero-order valence-electron chi connectivity index (χ0n) is 9.78. The van der Waals surface area contributed by atoms with Crippen LogP contribution in [0.4, 0.5) is 5.69 Å². The predicted octanol–water partition coefficient (Wildman–Crippen LogP) is 1.45. The van der Waals surface area contributed by atoms with E-state index < -0.39 is 0 Å². The van der Waals surface area contributed by atoms with Crippen LogP contribution in [-0.4, -0.2) is 28.9 Å². The largest absolute Gasteiger partial charge is 0.397 e. The quantitative estimate of drug-likeness (QED) is 0.834. The highest BCUT2D eigenvalue weighted by Crippen LogP contribution is 2.10. The third-order valence-corrected chi connectivity index (χ3v) is 3.28. The molecule has 0 spiro atoms. The van der Waals surface area contributed by atoms with Gasteiger partial charge in [0.2, 0.25) is 0 Å². The Balaban J connectivity index is 2.69. The van der Waals surface area contributed by atoms with E-state index in [9.17, 15) is 4.79 Å². The standard InChI is InChI=1S/C11H17N3OS/c1-7(16-3)5-14-11(15)10-4-9(12)6-13-8(10)2/h4,6-7H,5,12H2,1-3H3,(H,14,15). The molecule has 0 saturated carbocycles. The number of carbonyl (C=O) groups excluding carboxylic acids is 1. The number of hydrogen-bond acceptors (Lipinski definition) is 4. The molecule has 0 fully saturated rings. The van der Waals surface area contributed by atoms with E-state index in [0.717, 1.165) is 0 Å². The van der Waals surface area contributed by atoms with Crippen LogP contribution in [0.15, 0.2) is 12.3 Å². The van der Waals surface area contributed by atoms with E-state index in [1.807, 2.05) is 6.26 Å². The van der Waals surface area contributed by atoms with Crippen LogP contribution in [0.3, 0.4) is 0 Å². The molecule has 1 atom stereocenters. The van der Waals surface area contributed by atoms with Gasteiger partial charge in [-0.1, -0.05) is 6.92 Å². The fourth-order valence-corrected chi connectivity index (χ4v) is 1.44. The normalized spacial score (nSPS) is 12.2. The molecule has 1 rings (SSSR count). The van der Waals surface area contributed by atoms with E-state index in [1.165, 1.54) is 0 Å². The van der Waals surface area contributed by atoms with Crippen molar-refractivity contribution in [1.82, 2.24) is 10.3 Å². The molecule has 1 aromatic heterocycles. The minimum Gasteiger partial charge on any atom is -0.397 e. The highest BCUT2D eigenvalue weighted by molar-refractivity contribution is 7.99. The van der Waals surface area contributed by atoms with Gasteiger partial charge in [0.15, 0.2) is 0 Å². The third kappa shape index (κ3) is 3.41. The van der Waals surface area contributed by atoms with Crippen molar-refractivity contribution < 1.29 is 4.79 Å². The van der Waals surface area contributed by atoms with Gasteiger partial charge in [-0.2, -0.15) is 11.8 Å². The van der Waals surface area contributed by atoms with Gasteiger partial charge in [-0.15, -0.1) is 0 Å². The molecular formula is C11H17N3OS. The molecule has 1 amide bonds. The van der Waals surface area contributed by atoms with Crippen molar-refractivity contribution >= 4 is 23.4 Å². The lowest BCUT2D eigenvalue weighted by Gasteiger charge is -2.11. The Hall–Kier alpha value is -1.23. The Bertz CT molecular complexity index is 381. The summed E-state index contributed by atoms with van der Waals surface area (Å²) in [4.78, 5) is 15.9. The van der Waals surface area contributed by atoms with Gasteiger partial charge in [-0.3, -0.25) is 9.78 Å². The average molecular weight is 239 g/mol. The fourth-order valence-electron chi connectivity index (χ4n) is 1.19. The SMILES string of the molecule is CSC(C)CNC(=O)c1cc(N)cnc1C. The number of amides is 1. The summed E-state index contributed by atoms with van der Waals surface area (Å²) in [6.45, 7) is 4.51. The Morgan fingerprint density at radius 2 is 2.38 bits per heavy atom. The number of rotatable bonds is 4. The molecule has 88 valence electrons. The van der Waals surface area contributed by atoms with Gasteiger partial charge in [-0.05, 0) is 19.2 Å². The van der Waals surface area contributed by atoms with Crippen LogP contribution < -0.4 is 11.1 Å². The van der Waals surface area contributed by atoms with E-state index in [-0.39, 0.29) is 5.91 Å². The molecule has 0 saturated heterocycles. The Morgan fingerprint density at radius 1 is 1.69 bits per heavy atom. The third-order valence-electron chi connectivity index (χ3n) is 2.31. The van der Waals surface area contributed by atoms with E-state index in [1.54, 1.807) is 30.9 Å². The molecule has 0 bridgehead atoms. The molecule has 1 unspecified atom stereocenters. The summed E-state index contributed by atoms with van der Waals surface area (Å²) >= 11 is 1.71. The van der Waals surface area contributed by atoms with Gasteiger partial charge in [0.05, 0.1) is 23.1 Å². The number of nitrogen functional groups attached to an aromatic ring is 1. The van der Waals surface area contributed by atoms with Crippen molar-refractivity contribution in [3.05, 3.63) is 23.5 Å². The van der Waals surface area contributed by atoms with E-state index in [0.29, 0.717) is 28.7 Å². The van der Waals surface area contributed by atoms with Crippen molar-refractivity contribution in [3.63, 3.8) is 0 Å². The second-order valence-electron chi connectivity index (χ2n) is 3.66. The van der Waals surface area contributed by atoms with Gasteiger partial charge in [0.25, 0.3) is 5.91 Å².